The van der Waals surface area contributed by atoms with E-state index in [0.717, 1.165) is 34.3 Å². The Morgan fingerprint density at radius 1 is 1.15 bits per heavy atom. The number of aryl methyl sites for hydroxylation is 1. The smallest absolute Gasteiger partial charge is 0.216 e. The first-order valence-electron chi connectivity index (χ1n) is 8.69. The van der Waals surface area contributed by atoms with Crippen LogP contribution in [0, 0.1) is 0 Å². The van der Waals surface area contributed by atoms with Gasteiger partial charge < -0.3 is 10.3 Å². The molecule has 0 saturated heterocycles. The molecule has 3 N–H and O–H groups in total. The van der Waals surface area contributed by atoms with Crippen molar-refractivity contribution in [1.82, 2.24) is 19.7 Å². The van der Waals surface area contributed by atoms with Gasteiger partial charge in [-0.05, 0) is 18.6 Å². The van der Waals surface area contributed by atoms with Crippen LogP contribution < -0.4 is 5.73 Å². The molecule has 0 aliphatic carbocycles. The Morgan fingerprint density at radius 2 is 1.89 bits per heavy atom. The van der Waals surface area contributed by atoms with Crippen molar-refractivity contribution in [2.75, 3.05) is 11.5 Å². The molecule has 0 fully saturated rings. The normalized spacial score (nSPS) is 11.1. The number of carbonyl (C=O) groups is 1. The second-order valence-corrected chi connectivity index (χ2v) is 7.01. The highest BCUT2D eigenvalue weighted by molar-refractivity contribution is 7.99. The van der Waals surface area contributed by atoms with Gasteiger partial charge in [0, 0.05) is 17.4 Å². The van der Waals surface area contributed by atoms with Crippen LogP contribution in [0.2, 0.25) is 0 Å². The summed E-state index contributed by atoms with van der Waals surface area (Å²) in [6.07, 6.45) is 0. The van der Waals surface area contributed by atoms with E-state index in [1.807, 2.05) is 48.5 Å². The summed E-state index contributed by atoms with van der Waals surface area (Å²) >= 11 is 1.28. The lowest BCUT2D eigenvalue weighted by Gasteiger charge is -2.10. The third-order valence-electron chi connectivity index (χ3n) is 4.43. The van der Waals surface area contributed by atoms with Gasteiger partial charge in [-0.25, -0.2) is 5.10 Å². The summed E-state index contributed by atoms with van der Waals surface area (Å²) in [6.45, 7) is 2.88. The molecule has 2 aromatic heterocycles. The second kappa shape index (κ2) is 7.28. The minimum Gasteiger partial charge on any atom is -0.368 e. The molecule has 136 valence electrons. The molecule has 4 aromatic rings. The number of aromatic nitrogens is 4. The van der Waals surface area contributed by atoms with E-state index in [2.05, 4.69) is 32.7 Å². The molecule has 2 heterocycles. The monoisotopic (exact) mass is 377 g/mol. The summed E-state index contributed by atoms with van der Waals surface area (Å²) in [5.41, 5.74) is 9.36. The zero-order valence-corrected chi connectivity index (χ0v) is 15.7. The number of nitrogens with zero attached hydrogens (tertiary/aromatic N) is 3. The van der Waals surface area contributed by atoms with Gasteiger partial charge in [-0.3, -0.25) is 4.79 Å². The number of Topliss-reactive ketones (excluding diaryl/α,β-unsaturated/α-hetero) is 1. The van der Waals surface area contributed by atoms with Crippen LogP contribution in [0.4, 0.5) is 5.95 Å². The second-order valence-electron chi connectivity index (χ2n) is 6.07. The highest BCUT2D eigenvalue weighted by Crippen LogP contribution is 2.35. The third kappa shape index (κ3) is 3.21. The Hall–Kier alpha value is -3.06. The number of thioether (sulfide) groups is 1. The molecule has 0 unspecified atom stereocenters. The van der Waals surface area contributed by atoms with Crippen molar-refractivity contribution < 1.29 is 4.79 Å². The lowest BCUT2D eigenvalue weighted by Crippen LogP contribution is -2.06. The molecule has 0 aliphatic rings. The van der Waals surface area contributed by atoms with Crippen molar-refractivity contribution in [2.24, 2.45) is 0 Å². The predicted octanol–water partition coefficient (Wildman–Crippen LogP) is 4.00. The maximum absolute atomic E-state index is 13.2. The van der Waals surface area contributed by atoms with E-state index < -0.39 is 0 Å². The number of H-pyrrole nitrogens is 1. The highest BCUT2D eigenvalue weighted by Gasteiger charge is 2.23. The van der Waals surface area contributed by atoms with Crippen molar-refractivity contribution in [3.05, 3.63) is 60.2 Å². The minimum atomic E-state index is 0.0469. The molecular formula is C20H19N5OS. The predicted molar refractivity (Wildman–Crippen MR) is 109 cm³/mol. The number of para-hydroxylation sites is 1. The standard InChI is InChI=1S/C20H19N5OS/c1-2-25-15-11-7-6-10-14(15)17(18(25)13-8-4-3-5-9-13)16(26)12-27-20-22-19(21)23-24-20/h3-11H,2,12H2,1H3,(H3,21,22,23,24). The summed E-state index contributed by atoms with van der Waals surface area (Å²) in [5.74, 6) is 0.539. The average Bonchev–Trinajstić information content (AvgIpc) is 3.27. The number of nitrogens with two attached hydrogens (primary N) is 1. The molecule has 0 spiro atoms. The molecule has 0 bridgehead atoms. The number of anilines is 1. The number of nitrogens with one attached hydrogen (secondary N) is 1. The van der Waals surface area contributed by atoms with Crippen LogP contribution in [-0.4, -0.2) is 31.3 Å². The number of hydrogen-bond donors (Lipinski definition) is 2. The van der Waals surface area contributed by atoms with Crippen LogP contribution in [0.1, 0.15) is 17.3 Å². The lowest BCUT2D eigenvalue weighted by atomic mass is 10.0. The van der Waals surface area contributed by atoms with Gasteiger partial charge in [0.05, 0.1) is 17.0 Å². The zero-order valence-electron chi connectivity index (χ0n) is 14.8. The van der Waals surface area contributed by atoms with E-state index >= 15 is 0 Å². The number of aromatic amines is 1. The van der Waals surface area contributed by atoms with Gasteiger partial charge in [-0.15, -0.1) is 5.10 Å². The molecule has 6 nitrogen and oxygen atoms in total. The average molecular weight is 377 g/mol. The molecule has 0 saturated carbocycles. The van der Waals surface area contributed by atoms with Gasteiger partial charge in [0.1, 0.15) is 0 Å². The number of benzene rings is 2. The summed E-state index contributed by atoms with van der Waals surface area (Å²) in [6, 6.07) is 18.1. The highest BCUT2D eigenvalue weighted by atomic mass is 32.2. The molecular weight excluding hydrogens is 358 g/mol. The fourth-order valence-electron chi connectivity index (χ4n) is 3.34. The summed E-state index contributed by atoms with van der Waals surface area (Å²) in [7, 11) is 0. The Kier molecular flexibility index (Phi) is 4.68. The third-order valence-corrected chi connectivity index (χ3v) is 5.28. The van der Waals surface area contributed by atoms with Crippen LogP contribution in [0.3, 0.4) is 0 Å². The van der Waals surface area contributed by atoms with Gasteiger partial charge in [0.15, 0.2) is 5.78 Å². The number of ketones is 1. The van der Waals surface area contributed by atoms with E-state index in [4.69, 9.17) is 5.73 Å². The van der Waals surface area contributed by atoms with E-state index in [1.165, 1.54) is 11.8 Å². The largest absolute Gasteiger partial charge is 0.368 e. The van der Waals surface area contributed by atoms with E-state index in [0.29, 0.717) is 5.16 Å². The Labute approximate surface area is 160 Å². The van der Waals surface area contributed by atoms with Crippen LogP contribution in [0.15, 0.2) is 59.8 Å². The molecule has 0 aliphatic heterocycles. The maximum Gasteiger partial charge on any atom is 0.216 e. The first-order valence-corrected chi connectivity index (χ1v) is 9.68. The van der Waals surface area contributed by atoms with Gasteiger partial charge in [-0.1, -0.05) is 60.3 Å². The fraction of sp³-hybridized carbons (Fsp3) is 0.150. The van der Waals surface area contributed by atoms with Crippen molar-refractivity contribution in [2.45, 2.75) is 18.6 Å². The minimum absolute atomic E-state index is 0.0469. The van der Waals surface area contributed by atoms with E-state index in [1.54, 1.807) is 0 Å². The van der Waals surface area contributed by atoms with Crippen molar-refractivity contribution >= 4 is 34.4 Å². The summed E-state index contributed by atoms with van der Waals surface area (Å²) in [4.78, 5) is 17.3. The number of fused-ring (bicyclic) bond motifs is 1. The van der Waals surface area contributed by atoms with Crippen LogP contribution in [-0.2, 0) is 6.54 Å². The SMILES string of the molecule is CCn1c(-c2ccccc2)c(C(=O)CSc2n[nH]c(N)n2)c2ccccc21. The molecule has 0 radical (unpaired) electrons. The summed E-state index contributed by atoms with van der Waals surface area (Å²) in [5, 5.41) is 8.03. The molecule has 2 aromatic carbocycles. The first-order chi connectivity index (χ1) is 13.2. The Morgan fingerprint density at radius 3 is 2.59 bits per heavy atom. The first kappa shape index (κ1) is 17.4. The zero-order chi connectivity index (χ0) is 18.8. The van der Waals surface area contributed by atoms with Gasteiger partial charge >= 0.3 is 0 Å². The van der Waals surface area contributed by atoms with Crippen LogP contribution >= 0.6 is 11.8 Å². The quantitative estimate of drug-likeness (QED) is 0.391. The van der Waals surface area contributed by atoms with Crippen molar-refractivity contribution in [3.63, 3.8) is 0 Å². The molecule has 4 rings (SSSR count). The van der Waals surface area contributed by atoms with E-state index in [-0.39, 0.29) is 17.5 Å². The fourth-order valence-corrected chi connectivity index (χ4v) is 4.01. The molecule has 7 heteroatoms. The van der Waals surface area contributed by atoms with Crippen LogP contribution in [0.5, 0.6) is 0 Å². The number of rotatable bonds is 6. The van der Waals surface area contributed by atoms with E-state index in [9.17, 15) is 4.79 Å². The number of nitrogen functional groups attached to an aromatic ring is 1. The Balaban J connectivity index is 1.81. The topological polar surface area (TPSA) is 89.6 Å². The maximum atomic E-state index is 13.2. The molecule has 0 atom stereocenters. The van der Waals surface area contributed by atoms with Crippen molar-refractivity contribution in [3.8, 4) is 11.3 Å². The molecule has 0 amide bonds. The lowest BCUT2D eigenvalue weighted by molar-refractivity contribution is 0.102. The van der Waals surface area contributed by atoms with Crippen LogP contribution in [0.25, 0.3) is 22.2 Å². The van der Waals surface area contributed by atoms with Gasteiger partial charge in [0.2, 0.25) is 11.1 Å². The van der Waals surface area contributed by atoms with Crippen molar-refractivity contribution in [1.29, 1.82) is 0 Å². The van der Waals surface area contributed by atoms with Gasteiger partial charge in [-0.2, -0.15) is 4.98 Å². The summed E-state index contributed by atoms with van der Waals surface area (Å²) < 4.78 is 2.20. The Bertz CT molecular complexity index is 1100. The van der Waals surface area contributed by atoms with Gasteiger partial charge in [0.25, 0.3) is 0 Å². The number of carbonyl (C=O) groups excluding carboxylic acids is 1. The molecule has 27 heavy (non-hydrogen) atoms. The number of hydrogen-bond acceptors (Lipinski definition) is 5.